The summed E-state index contributed by atoms with van der Waals surface area (Å²) in [6.45, 7) is 0. The van der Waals surface area contributed by atoms with E-state index in [1.165, 1.54) is 0 Å². The van der Waals surface area contributed by atoms with Gasteiger partial charge in [0.15, 0.2) is 0 Å². The maximum Gasteiger partial charge on any atom is 0.267 e. The number of rotatable bonds is 4. The molecule has 0 aliphatic heterocycles. The predicted molar refractivity (Wildman–Crippen MR) is 116 cm³/mol. The Kier molecular flexibility index (Phi) is 4.75. The van der Waals surface area contributed by atoms with Crippen LogP contribution in [-0.4, -0.2) is 23.6 Å². The van der Waals surface area contributed by atoms with Gasteiger partial charge in [0.2, 0.25) is 5.95 Å². The lowest BCUT2D eigenvalue weighted by Crippen LogP contribution is -2.23. The number of aromatic nitrogens is 2. The van der Waals surface area contributed by atoms with E-state index in [0.717, 1.165) is 17.1 Å². The SMILES string of the molecule is CN(C)c1cccc(-n2c(Nc3ccccc3)nc3ccc(Cl)cc3c2=O)c1. The number of nitrogens with zero attached hydrogens (tertiary/aromatic N) is 3. The lowest BCUT2D eigenvalue weighted by atomic mass is 10.2. The van der Waals surface area contributed by atoms with Gasteiger partial charge in [0.25, 0.3) is 5.56 Å². The van der Waals surface area contributed by atoms with E-state index in [1.807, 2.05) is 73.6 Å². The van der Waals surface area contributed by atoms with Gasteiger partial charge in [-0.1, -0.05) is 35.9 Å². The summed E-state index contributed by atoms with van der Waals surface area (Å²) in [7, 11) is 3.92. The minimum absolute atomic E-state index is 0.179. The summed E-state index contributed by atoms with van der Waals surface area (Å²) in [5.41, 5.74) is 2.97. The maximum atomic E-state index is 13.4. The first-order valence-electron chi connectivity index (χ1n) is 8.85. The number of para-hydroxylation sites is 1. The molecule has 1 aromatic heterocycles. The highest BCUT2D eigenvalue weighted by Gasteiger charge is 2.14. The summed E-state index contributed by atoms with van der Waals surface area (Å²) >= 11 is 6.13. The van der Waals surface area contributed by atoms with Crippen LogP contribution in [0.25, 0.3) is 16.6 Å². The molecule has 0 unspecified atom stereocenters. The van der Waals surface area contributed by atoms with Gasteiger partial charge in [-0.15, -0.1) is 0 Å². The van der Waals surface area contributed by atoms with Gasteiger partial charge in [-0.25, -0.2) is 9.55 Å². The van der Waals surface area contributed by atoms with Gasteiger partial charge < -0.3 is 10.2 Å². The first-order chi connectivity index (χ1) is 13.5. The number of fused-ring (bicyclic) bond motifs is 1. The molecule has 0 atom stereocenters. The lowest BCUT2D eigenvalue weighted by molar-refractivity contribution is 0.971. The van der Waals surface area contributed by atoms with Crippen LogP contribution in [-0.2, 0) is 0 Å². The van der Waals surface area contributed by atoms with E-state index < -0.39 is 0 Å². The molecule has 4 rings (SSSR count). The molecule has 0 fully saturated rings. The molecule has 0 aliphatic rings. The zero-order chi connectivity index (χ0) is 19.7. The van der Waals surface area contributed by atoms with Gasteiger partial charge in [0.1, 0.15) is 0 Å². The zero-order valence-corrected chi connectivity index (χ0v) is 16.3. The molecule has 1 N–H and O–H groups in total. The van der Waals surface area contributed by atoms with Crippen LogP contribution in [0.15, 0.2) is 77.6 Å². The molecule has 0 amide bonds. The van der Waals surface area contributed by atoms with E-state index in [4.69, 9.17) is 16.6 Å². The highest BCUT2D eigenvalue weighted by atomic mass is 35.5. The van der Waals surface area contributed by atoms with Crippen molar-refractivity contribution in [3.8, 4) is 5.69 Å². The number of hydrogen-bond donors (Lipinski definition) is 1. The lowest BCUT2D eigenvalue weighted by Gasteiger charge is -2.18. The van der Waals surface area contributed by atoms with Crippen molar-refractivity contribution < 1.29 is 0 Å². The van der Waals surface area contributed by atoms with Gasteiger partial charge >= 0.3 is 0 Å². The van der Waals surface area contributed by atoms with E-state index in [2.05, 4.69) is 5.32 Å². The average molecular weight is 391 g/mol. The van der Waals surface area contributed by atoms with Crippen molar-refractivity contribution in [1.29, 1.82) is 0 Å². The predicted octanol–water partition coefficient (Wildman–Crippen LogP) is 4.85. The van der Waals surface area contributed by atoms with Crippen LogP contribution < -0.4 is 15.8 Å². The van der Waals surface area contributed by atoms with Gasteiger partial charge in [-0.05, 0) is 48.5 Å². The van der Waals surface area contributed by atoms with E-state index in [1.54, 1.807) is 22.8 Å². The highest BCUT2D eigenvalue weighted by molar-refractivity contribution is 6.31. The third kappa shape index (κ3) is 3.44. The molecule has 0 bridgehead atoms. The number of benzene rings is 3. The Morgan fingerprint density at radius 2 is 1.75 bits per heavy atom. The second-order valence-corrected chi connectivity index (χ2v) is 7.08. The summed E-state index contributed by atoms with van der Waals surface area (Å²) in [5.74, 6) is 0.446. The summed E-state index contributed by atoms with van der Waals surface area (Å²) in [5, 5.41) is 4.25. The Balaban J connectivity index is 1.98. The van der Waals surface area contributed by atoms with Crippen molar-refractivity contribution in [2.75, 3.05) is 24.3 Å². The first kappa shape index (κ1) is 18.1. The fraction of sp³-hybridized carbons (Fsp3) is 0.0909. The van der Waals surface area contributed by atoms with Gasteiger partial charge in [0, 0.05) is 30.5 Å². The first-order valence-corrected chi connectivity index (χ1v) is 9.23. The normalized spacial score (nSPS) is 10.8. The van der Waals surface area contributed by atoms with E-state index in [0.29, 0.717) is 21.9 Å². The third-order valence-electron chi connectivity index (χ3n) is 4.46. The van der Waals surface area contributed by atoms with Crippen molar-refractivity contribution in [3.63, 3.8) is 0 Å². The van der Waals surface area contributed by atoms with Crippen molar-refractivity contribution in [2.45, 2.75) is 0 Å². The van der Waals surface area contributed by atoms with E-state index >= 15 is 0 Å². The molecule has 1 heterocycles. The van der Waals surface area contributed by atoms with Crippen LogP contribution in [0, 0.1) is 0 Å². The van der Waals surface area contributed by atoms with Crippen molar-refractivity contribution in [2.24, 2.45) is 0 Å². The fourth-order valence-electron chi connectivity index (χ4n) is 3.04. The summed E-state index contributed by atoms with van der Waals surface area (Å²) in [6.07, 6.45) is 0. The van der Waals surface area contributed by atoms with Crippen molar-refractivity contribution >= 4 is 39.8 Å². The molecule has 0 saturated carbocycles. The fourth-order valence-corrected chi connectivity index (χ4v) is 3.21. The van der Waals surface area contributed by atoms with Crippen molar-refractivity contribution in [1.82, 2.24) is 9.55 Å². The maximum absolute atomic E-state index is 13.4. The molecule has 0 aliphatic carbocycles. The van der Waals surface area contributed by atoms with Gasteiger partial charge in [-0.2, -0.15) is 0 Å². The minimum atomic E-state index is -0.179. The quantitative estimate of drug-likeness (QED) is 0.541. The van der Waals surface area contributed by atoms with Gasteiger partial charge in [0.05, 0.1) is 16.6 Å². The van der Waals surface area contributed by atoms with Crippen LogP contribution in [0.5, 0.6) is 0 Å². The van der Waals surface area contributed by atoms with Crippen LogP contribution >= 0.6 is 11.6 Å². The molecule has 5 nitrogen and oxygen atoms in total. The minimum Gasteiger partial charge on any atom is -0.378 e. The second kappa shape index (κ2) is 7.37. The number of anilines is 3. The van der Waals surface area contributed by atoms with Crippen LogP contribution in [0.3, 0.4) is 0 Å². The Bertz CT molecular complexity index is 1200. The third-order valence-corrected chi connectivity index (χ3v) is 4.70. The van der Waals surface area contributed by atoms with Crippen molar-refractivity contribution in [3.05, 3.63) is 88.2 Å². The Morgan fingerprint density at radius 1 is 0.964 bits per heavy atom. The molecular formula is C22H19ClN4O. The zero-order valence-electron chi connectivity index (χ0n) is 15.6. The molecule has 6 heteroatoms. The summed E-state index contributed by atoms with van der Waals surface area (Å²) in [4.78, 5) is 20.1. The summed E-state index contributed by atoms with van der Waals surface area (Å²) in [6, 6.07) is 22.6. The Labute approximate surface area is 167 Å². The Hall–Kier alpha value is -3.31. The Morgan fingerprint density at radius 3 is 2.50 bits per heavy atom. The number of nitrogens with one attached hydrogen (secondary N) is 1. The molecule has 0 radical (unpaired) electrons. The second-order valence-electron chi connectivity index (χ2n) is 6.64. The average Bonchev–Trinajstić information content (AvgIpc) is 2.70. The molecule has 140 valence electrons. The molecule has 0 spiro atoms. The monoisotopic (exact) mass is 390 g/mol. The number of hydrogen-bond acceptors (Lipinski definition) is 4. The largest absolute Gasteiger partial charge is 0.378 e. The highest BCUT2D eigenvalue weighted by Crippen LogP contribution is 2.24. The molecule has 28 heavy (non-hydrogen) atoms. The van der Waals surface area contributed by atoms with E-state index in [9.17, 15) is 4.79 Å². The molecule has 3 aromatic carbocycles. The standard InChI is InChI=1S/C22H19ClN4O/c1-26(2)17-9-6-10-18(14-17)27-21(28)19-13-15(23)11-12-20(19)25-22(27)24-16-7-4-3-5-8-16/h3-14H,1-2H3,(H,24,25). The van der Waals surface area contributed by atoms with Crippen LogP contribution in [0.2, 0.25) is 5.02 Å². The summed E-state index contributed by atoms with van der Waals surface area (Å²) < 4.78 is 1.58. The van der Waals surface area contributed by atoms with E-state index in [-0.39, 0.29) is 5.56 Å². The smallest absolute Gasteiger partial charge is 0.267 e. The number of halogens is 1. The molecular weight excluding hydrogens is 372 g/mol. The van der Waals surface area contributed by atoms with Crippen LogP contribution in [0.4, 0.5) is 17.3 Å². The van der Waals surface area contributed by atoms with Gasteiger partial charge in [-0.3, -0.25) is 4.79 Å². The molecule has 4 aromatic rings. The van der Waals surface area contributed by atoms with Crippen LogP contribution in [0.1, 0.15) is 0 Å². The topological polar surface area (TPSA) is 50.2 Å². The molecule has 0 saturated heterocycles.